The number of amides is 1. The van der Waals surface area contributed by atoms with Gasteiger partial charge >= 0.3 is 12.4 Å². The van der Waals surface area contributed by atoms with Crippen molar-refractivity contribution >= 4 is 28.1 Å². The van der Waals surface area contributed by atoms with E-state index in [1.165, 1.54) is 7.05 Å². The summed E-state index contributed by atoms with van der Waals surface area (Å²) >= 11 is 0.569. The molecule has 0 bridgehead atoms. The molecule has 0 aliphatic rings. The first-order chi connectivity index (χ1) is 11.4. The first kappa shape index (κ1) is 18.8. The Labute approximate surface area is 139 Å². The molecule has 1 heterocycles. The van der Waals surface area contributed by atoms with Gasteiger partial charge in [-0.05, 0) is 29.7 Å². The second-order valence-electron chi connectivity index (χ2n) is 4.74. The van der Waals surface area contributed by atoms with E-state index >= 15 is 0 Å². The summed E-state index contributed by atoms with van der Waals surface area (Å²) in [6.07, 6.45) is -10.0. The molecule has 2 rings (SSSR count). The molecule has 12 heteroatoms. The summed E-state index contributed by atoms with van der Waals surface area (Å²) in [5.41, 5.74) is -4.88. The van der Waals surface area contributed by atoms with Gasteiger partial charge in [-0.1, -0.05) is 0 Å². The van der Waals surface area contributed by atoms with Gasteiger partial charge in [0.1, 0.15) is 10.6 Å². The van der Waals surface area contributed by atoms with Gasteiger partial charge in [0.25, 0.3) is 11.5 Å². The Bertz CT molecular complexity index is 820. The first-order valence-corrected chi connectivity index (χ1v) is 7.25. The maximum atomic E-state index is 12.8. The van der Waals surface area contributed by atoms with Crippen molar-refractivity contribution in [2.24, 2.45) is 0 Å². The van der Waals surface area contributed by atoms with E-state index in [1.807, 2.05) is 0 Å². The molecular weight excluding hydrogens is 376 g/mol. The number of carbonyl (C=O) groups is 1. The molecule has 5 nitrogen and oxygen atoms in total. The number of rotatable bonds is 3. The molecule has 25 heavy (non-hydrogen) atoms. The van der Waals surface area contributed by atoms with Gasteiger partial charge < -0.3 is 10.6 Å². The van der Waals surface area contributed by atoms with E-state index in [2.05, 4.69) is 15.0 Å². The van der Waals surface area contributed by atoms with E-state index in [0.29, 0.717) is 23.7 Å². The van der Waals surface area contributed by atoms with Crippen LogP contribution in [0.2, 0.25) is 0 Å². The minimum atomic E-state index is -5.01. The SMILES string of the molecule is CNC(=O)c1c(Nc2cc(C(F)(F)F)cc(C(F)(F)F)c2)s[nH]c1=O. The van der Waals surface area contributed by atoms with Gasteiger partial charge in [-0.2, -0.15) is 26.3 Å². The third-order valence-corrected chi connectivity index (χ3v) is 3.80. The Morgan fingerprint density at radius 1 is 1.04 bits per heavy atom. The topological polar surface area (TPSA) is 74.0 Å². The average Bonchev–Trinajstić information content (AvgIpc) is 2.85. The molecular formula is C13H9F6N3O2S. The standard InChI is InChI=1S/C13H9F6N3O2S/c1-20-9(23)8-10(24)22-25-11(8)21-7-3-5(12(14,15)16)2-6(4-7)13(17,18)19/h2-4,21H,1H3,(H,20,23)(H,22,24). The van der Waals surface area contributed by atoms with Crippen LogP contribution in [0.4, 0.5) is 37.0 Å². The molecule has 1 amide bonds. The molecule has 0 saturated heterocycles. The predicted octanol–water partition coefficient (Wildman–Crippen LogP) is 3.58. The van der Waals surface area contributed by atoms with Crippen LogP contribution in [-0.2, 0) is 12.4 Å². The van der Waals surface area contributed by atoms with Crippen molar-refractivity contribution in [3.05, 3.63) is 45.2 Å². The molecule has 0 atom stereocenters. The molecule has 0 unspecified atom stereocenters. The molecule has 1 aromatic heterocycles. The highest BCUT2D eigenvalue weighted by Gasteiger charge is 2.37. The van der Waals surface area contributed by atoms with Crippen LogP contribution in [0.25, 0.3) is 0 Å². The lowest BCUT2D eigenvalue weighted by Gasteiger charge is -2.15. The lowest BCUT2D eigenvalue weighted by atomic mass is 10.1. The molecule has 3 N–H and O–H groups in total. The molecule has 1 aromatic carbocycles. The van der Waals surface area contributed by atoms with Crippen molar-refractivity contribution in [2.75, 3.05) is 12.4 Å². The van der Waals surface area contributed by atoms with Crippen LogP contribution in [0.15, 0.2) is 23.0 Å². The molecule has 0 fully saturated rings. The number of anilines is 2. The minimum Gasteiger partial charge on any atom is -0.355 e. The lowest BCUT2D eigenvalue weighted by Crippen LogP contribution is -2.24. The van der Waals surface area contributed by atoms with Crippen molar-refractivity contribution in [1.82, 2.24) is 9.69 Å². The Balaban J connectivity index is 2.54. The van der Waals surface area contributed by atoms with Crippen molar-refractivity contribution in [3.63, 3.8) is 0 Å². The van der Waals surface area contributed by atoms with Crippen molar-refractivity contribution < 1.29 is 31.1 Å². The Morgan fingerprint density at radius 3 is 2.00 bits per heavy atom. The first-order valence-electron chi connectivity index (χ1n) is 6.43. The Kier molecular flexibility index (Phi) is 4.84. The van der Waals surface area contributed by atoms with Crippen molar-refractivity contribution in [1.29, 1.82) is 0 Å². The number of halogens is 6. The zero-order chi connectivity index (χ0) is 19.0. The van der Waals surface area contributed by atoms with Gasteiger partial charge in [-0.15, -0.1) is 0 Å². The maximum Gasteiger partial charge on any atom is 0.416 e. The zero-order valence-corrected chi connectivity index (χ0v) is 13.0. The minimum absolute atomic E-state index is 0.0234. The van der Waals surface area contributed by atoms with Gasteiger partial charge in [0.2, 0.25) is 0 Å². The van der Waals surface area contributed by atoms with Gasteiger partial charge in [0, 0.05) is 12.7 Å². The van der Waals surface area contributed by atoms with Crippen LogP contribution in [0.5, 0.6) is 0 Å². The van der Waals surface area contributed by atoms with Gasteiger partial charge in [0.05, 0.1) is 11.1 Å². The van der Waals surface area contributed by atoms with E-state index in [0.717, 1.165) is 0 Å². The van der Waals surface area contributed by atoms with Crippen LogP contribution in [0.1, 0.15) is 21.5 Å². The highest BCUT2D eigenvalue weighted by molar-refractivity contribution is 7.10. The smallest absolute Gasteiger partial charge is 0.355 e. The van der Waals surface area contributed by atoms with E-state index < -0.39 is 46.2 Å². The largest absolute Gasteiger partial charge is 0.416 e. The van der Waals surface area contributed by atoms with E-state index in [4.69, 9.17) is 0 Å². The third kappa shape index (κ3) is 4.13. The third-order valence-electron chi connectivity index (χ3n) is 3.00. The summed E-state index contributed by atoms with van der Waals surface area (Å²) in [6.45, 7) is 0. The van der Waals surface area contributed by atoms with Gasteiger partial charge in [-0.25, -0.2) is 0 Å². The fraction of sp³-hybridized carbons (Fsp3) is 0.231. The molecule has 0 radical (unpaired) electrons. The number of hydrogen-bond acceptors (Lipinski definition) is 4. The molecule has 136 valence electrons. The number of alkyl halides is 6. The quantitative estimate of drug-likeness (QED) is 0.708. The molecule has 0 aliphatic carbocycles. The second-order valence-corrected chi connectivity index (χ2v) is 5.55. The molecule has 0 spiro atoms. The van der Waals surface area contributed by atoms with Gasteiger partial charge in [-0.3, -0.25) is 14.0 Å². The number of H-pyrrole nitrogens is 1. The Morgan fingerprint density at radius 2 is 1.56 bits per heavy atom. The van der Waals surface area contributed by atoms with Crippen LogP contribution >= 0.6 is 11.5 Å². The van der Waals surface area contributed by atoms with E-state index in [1.54, 1.807) is 0 Å². The lowest BCUT2D eigenvalue weighted by molar-refractivity contribution is -0.143. The monoisotopic (exact) mass is 385 g/mol. The number of nitrogens with one attached hydrogen (secondary N) is 3. The van der Waals surface area contributed by atoms with Crippen molar-refractivity contribution in [3.8, 4) is 0 Å². The van der Waals surface area contributed by atoms with Crippen LogP contribution in [0.3, 0.4) is 0 Å². The highest BCUT2D eigenvalue weighted by Crippen LogP contribution is 2.38. The molecule has 2 aromatic rings. The van der Waals surface area contributed by atoms with Crippen LogP contribution in [-0.4, -0.2) is 17.3 Å². The molecule has 0 saturated carbocycles. The molecule has 0 aliphatic heterocycles. The number of hydrogen-bond donors (Lipinski definition) is 3. The summed E-state index contributed by atoms with van der Waals surface area (Å²) in [5.74, 6) is -0.840. The summed E-state index contributed by atoms with van der Waals surface area (Å²) in [6, 6.07) is 0.880. The summed E-state index contributed by atoms with van der Waals surface area (Å²) < 4.78 is 79.2. The fourth-order valence-corrected chi connectivity index (χ4v) is 2.63. The Hall–Kier alpha value is -2.50. The summed E-state index contributed by atoms with van der Waals surface area (Å²) in [4.78, 5) is 23.2. The van der Waals surface area contributed by atoms with Crippen molar-refractivity contribution in [2.45, 2.75) is 12.4 Å². The maximum absolute atomic E-state index is 12.8. The van der Waals surface area contributed by atoms with Gasteiger partial charge in [0.15, 0.2) is 0 Å². The summed E-state index contributed by atoms with van der Waals surface area (Å²) in [5, 5.41) is 4.20. The number of benzene rings is 1. The number of aromatic amines is 1. The predicted molar refractivity (Wildman–Crippen MR) is 78.1 cm³/mol. The van der Waals surface area contributed by atoms with Crippen LogP contribution < -0.4 is 16.2 Å². The highest BCUT2D eigenvalue weighted by atomic mass is 32.1. The second kappa shape index (κ2) is 6.43. The number of carbonyl (C=O) groups excluding carboxylic acids is 1. The zero-order valence-electron chi connectivity index (χ0n) is 12.2. The van der Waals surface area contributed by atoms with Crippen LogP contribution in [0, 0.1) is 0 Å². The van der Waals surface area contributed by atoms with E-state index in [-0.39, 0.29) is 11.1 Å². The summed E-state index contributed by atoms with van der Waals surface area (Å²) in [7, 11) is 1.22. The number of aromatic nitrogens is 1. The normalized spacial score (nSPS) is 12.1. The van der Waals surface area contributed by atoms with E-state index in [9.17, 15) is 35.9 Å². The fourth-order valence-electron chi connectivity index (χ4n) is 1.88. The average molecular weight is 385 g/mol.